The monoisotopic (exact) mass is 252 g/mol. The standard InChI is InChI=1S/C6H14O3.C5H10O3/c1-5(8)4-9-6(2)3-7;1-3-8-4(2)5(6)7/h5-8H,3-4H2,1-2H3;4H,3H2,1-2H3,(H,6,7). The molecule has 0 rings (SSSR count). The van der Waals surface area contributed by atoms with Gasteiger partial charge in [0.05, 0.1) is 25.4 Å². The van der Waals surface area contributed by atoms with Crippen LogP contribution in [-0.4, -0.2) is 59.4 Å². The van der Waals surface area contributed by atoms with Gasteiger partial charge >= 0.3 is 5.97 Å². The summed E-state index contributed by atoms with van der Waals surface area (Å²) in [5, 5.41) is 25.3. The molecule has 0 bridgehead atoms. The van der Waals surface area contributed by atoms with Gasteiger partial charge in [0.2, 0.25) is 0 Å². The van der Waals surface area contributed by atoms with Crippen LogP contribution in [-0.2, 0) is 14.3 Å². The molecule has 0 saturated heterocycles. The molecule has 17 heavy (non-hydrogen) atoms. The summed E-state index contributed by atoms with van der Waals surface area (Å²) >= 11 is 0. The van der Waals surface area contributed by atoms with Crippen LogP contribution in [0.15, 0.2) is 0 Å². The Labute approximate surface area is 102 Å². The van der Waals surface area contributed by atoms with E-state index >= 15 is 0 Å². The Kier molecular flexibility index (Phi) is 12.9. The molecular formula is C11H24O6. The van der Waals surface area contributed by atoms with Crippen molar-refractivity contribution in [3.8, 4) is 0 Å². The lowest BCUT2D eigenvalue weighted by Crippen LogP contribution is -2.19. The molecule has 3 atom stereocenters. The number of hydrogen-bond acceptors (Lipinski definition) is 5. The molecule has 0 heterocycles. The van der Waals surface area contributed by atoms with E-state index in [0.717, 1.165) is 0 Å². The second-order valence-electron chi connectivity index (χ2n) is 3.61. The Morgan fingerprint density at radius 2 is 1.76 bits per heavy atom. The van der Waals surface area contributed by atoms with Crippen molar-refractivity contribution in [2.45, 2.75) is 46.0 Å². The van der Waals surface area contributed by atoms with Crippen molar-refractivity contribution < 1.29 is 29.6 Å². The van der Waals surface area contributed by atoms with Crippen LogP contribution in [0.25, 0.3) is 0 Å². The topological polar surface area (TPSA) is 96.2 Å². The number of aliphatic carboxylic acids is 1. The SMILES string of the molecule is CC(O)COC(C)CO.CCOC(C)C(=O)O. The Bertz CT molecular complexity index is 183. The lowest BCUT2D eigenvalue weighted by Gasteiger charge is -2.10. The number of aliphatic hydroxyl groups excluding tert-OH is 2. The van der Waals surface area contributed by atoms with Crippen LogP contribution >= 0.6 is 0 Å². The molecule has 0 fully saturated rings. The van der Waals surface area contributed by atoms with Crippen LogP contribution in [0, 0.1) is 0 Å². The highest BCUT2D eigenvalue weighted by Gasteiger charge is 2.07. The summed E-state index contributed by atoms with van der Waals surface area (Å²) in [7, 11) is 0. The van der Waals surface area contributed by atoms with Gasteiger partial charge in [-0.05, 0) is 27.7 Å². The molecule has 0 spiro atoms. The van der Waals surface area contributed by atoms with Gasteiger partial charge in [0.25, 0.3) is 0 Å². The molecule has 0 radical (unpaired) electrons. The maximum atomic E-state index is 9.96. The lowest BCUT2D eigenvalue weighted by molar-refractivity contribution is -0.148. The maximum absolute atomic E-state index is 9.96. The van der Waals surface area contributed by atoms with E-state index in [-0.39, 0.29) is 12.7 Å². The molecule has 0 aliphatic rings. The van der Waals surface area contributed by atoms with Crippen molar-refractivity contribution >= 4 is 5.97 Å². The molecule has 0 amide bonds. The van der Waals surface area contributed by atoms with Crippen LogP contribution in [0.1, 0.15) is 27.7 Å². The fourth-order valence-electron chi connectivity index (χ4n) is 0.678. The molecule has 3 unspecified atom stereocenters. The van der Waals surface area contributed by atoms with E-state index in [1.54, 1.807) is 20.8 Å². The van der Waals surface area contributed by atoms with E-state index < -0.39 is 18.2 Å². The minimum Gasteiger partial charge on any atom is -0.479 e. The summed E-state index contributed by atoms with van der Waals surface area (Å²) in [5.41, 5.74) is 0. The molecule has 0 aromatic rings. The van der Waals surface area contributed by atoms with Gasteiger partial charge in [-0.3, -0.25) is 0 Å². The smallest absolute Gasteiger partial charge is 0.332 e. The van der Waals surface area contributed by atoms with E-state index in [1.807, 2.05) is 0 Å². The molecule has 0 aliphatic heterocycles. The fraction of sp³-hybridized carbons (Fsp3) is 0.909. The third-order valence-electron chi connectivity index (χ3n) is 1.64. The number of aliphatic hydroxyl groups is 2. The second kappa shape index (κ2) is 11.8. The van der Waals surface area contributed by atoms with E-state index in [1.165, 1.54) is 6.92 Å². The quantitative estimate of drug-likeness (QED) is 0.601. The summed E-state index contributed by atoms with van der Waals surface area (Å²) in [6.45, 7) is 7.42. The maximum Gasteiger partial charge on any atom is 0.332 e. The highest BCUT2D eigenvalue weighted by molar-refractivity contribution is 5.71. The first-order valence-electron chi connectivity index (χ1n) is 5.60. The van der Waals surface area contributed by atoms with Crippen LogP contribution < -0.4 is 0 Å². The second-order valence-corrected chi connectivity index (χ2v) is 3.61. The highest BCUT2D eigenvalue weighted by atomic mass is 16.5. The lowest BCUT2D eigenvalue weighted by atomic mass is 10.4. The van der Waals surface area contributed by atoms with Crippen LogP contribution in [0.4, 0.5) is 0 Å². The van der Waals surface area contributed by atoms with Gasteiger partial charge in [-0.25, -0.2) is 4.79 Å². The highest BCUT2D eigenvalue weighted by Crippen LogP contribution is 1.90. The Hall–Kier alpha value is -0.690. The first-order valence-corrected chi connectivity index (χ1v) is 5.60. The largest absolute Gasteiger partial charge is 0.479 e. The minimum atomic E-state index is -0.910. The average Bonchev–Trinajstić information content (AvgIpc) is 2.26. The number of carboxylic acid groups (broad SMARTS) is 1. The Balaban J connectivity index is 0. The van der Waals surface area contributed by atoms with E-state index in [9.17, 15) is 4.79 Å². The minimum absolute atomic E-state index is 0.00667. The summed E-state index contributed by atoms with van der Waals surface area (Å²) in [6.07, 6.45) is -1.28. The van der Waals surface area contributed by atoms with Crippen molar-refractivity contribution in [1.29, 1.82) is 0 Å². The average molecular weight is 252 g/mol. The summed E-state index contributed by atoms with van der Waals surface area (Å²) in [5.74, 6) is -0.910. The van der Waals surface area contributed by atoms with Crippen molar-refractivity contribution in [3.63, 3.8) is 0 Å². The first kappa shape index (κ1) is 18.7. The number of carbonyl (C=O) groups is 1. The summed E-state index contributed by atoms with van der Waals surface area (Å²) in [4.78, 5) is 9.96. The summed E-state index contributed by atoms with van der Waals surface area (Å²) < 4.78 is 9.66. The summed E-state index contributed by atoms with van der Waals surface area (Å²) in [6, 6.07) is 0. The Morgan fingerprint density at radius 3 is 2.00 bits per heavy atom. The van der Waals surface area contributed by atoms with E-state index in [0.29, 0.717) is 13.2 Å². The van der Waals surface area contributed by atoms with Crippen LogP contribution in [0.5, 0.6) is 0 Å². The van der Waals surface area contributed by atoms with Crippen molar-refractivity contribution in [2.24, 2.45) is 0 Å². The van der Waals surface area contributed by atoms with Gasteiger partial charge in [0.1, 0.15) is 0 Å². The zero-order chi connectivity index (χ0) is 13.8. The number of hydrogen-bond donors (Lipinski definition) is 3. The molecule has 0 aromatic heterocycles. The van der Waals surface area contributed by atoms with Gasteiger partial charge < -0.3 is 24.8 Å². The number of rotatable bonds is 7. The molecule has 6 nitrogen and oxygen atoms in total. The zero-order valence-corrected chi connectivity index (χ0v) is 10.9. The molecule has 6 heteroatoms. The molecule has 0 aromatic carbocycles. The van der Waals surface area contributed by atoms with Crippen molar-refractivity contribution in [1.82, 2.24) is 0 Å². The van der Waals surface area contributed by atoms with Crippen molar-refractivity contribution in [2.75, 3.05) is 19.8 Å². The number of carboxylic acids is 1. The molecule has 104 valence electrons. The molecule has 0 aliphatic carbocycles. The normalized spacial score (nSPS) is 15.4. The third kappa shape index (κ3) is 15.3. The predicted octanol–water partition coefficient (Wildman–Crippen LogP) is 0.261. The molecule has 3 N–H and O–H groups in total. The van der Waals surface area contributed by atoms with Gasteiger partial charge in [-0.2, -0.15) is 0 Å². The fourth-order valence-corrected chi connectivity index (χ4v) is 0.678. The van der Waals surface area contributed by atoms with Crippen LogP contribution in [0.2, 0.25) is 0 Å². The van der Waals surface area contributed by atoms with E-state index in [4.69, 9.17) is 24.8 Å². The number of ether oxygens (including phenoxy) is 2. The van der Waals surface area contributed by atoms with Gasteiger partial charge in [-0.15, -0.1) is 0 Å². The molecular weight excluding hydrogens is 228 g/mol. The third-order valence-corrected chi connectivity index (χ3v) is 1.64. The van der Waals surface area contributed by atoms with Crippen LogP contribution in [0.3, 0.4) is 0 Å². The van der Waals surface area contributed by atoms with Gasteiger partial charge in [0, 0.05) is 6.61 Å². The van der Waals surface area contributed by atoms with E-state index in [2.05, 4.69) is 0 Å². The predicted molar refractivity (Wildman–Crippen MR) is 62.9 cm³/mol. The zero-order valence-electron chi connectivity index (χ0n) is 10.9. The van der Waals surface area contributed by atoms with Crippen molar-refractivity contribution in [3.05, 3.63) is 0 Å². The van der Waals surface area contributed by atoms with Gasteiger partial charge in [0.15, 0.2) is 6.10 Å². The Morgan fingerprint density at radius 1 is 1.24 bits per heavy atom. The first-order chi connectivity index (χ1) is 7.84. The van der Waals surface area contributed by atoms with Gasteiger partial charge in [-0.1, -0.05) is 0 Å². The molecule has 0 saturated carbocycles.